The zero-order valence-electron chi connectivity index (χ0n) is 20.1. The zero-order chi connectivity index (χ0) is 24.4. The molecule has 3 atom stereocenters. The number of nitrogens with one attached hydrogen (secondary N) is 3. The topological polar surface area (TPSA) is 146 Å². The number of aryl methyl sites for hydroxylation is 1. The number of fused-ring (bicyclic) bond motifs is 2. The summed E-state index contributed by atoms with van der Waals surface area (Å²) in [5, 5.41) is 32.4. The van der Waals surface area contributed by atoms with E-state index in [2.05, 4.69) is 36.7 Å². The van der Waals surface area contributed by atoms with Crippen molar-refractivity contribution < 1.29 is 9.90 Å². The molecule has 186 valence electrons. The first-order valence-corrected chi connectivity index (χ1v) is 12.5. The van der Waals surface area contributed by atoms with Gasteiger partial charge in [0.25, 0.3) is 0 Å². The summed E-state index contributed by atoms with van der Waals surface area (Å²) in [5.41, 5.74) is 0.953. The summed E-state index contributed by atoms with van der Waals surface area (Å²) in [5.74, 6) is 1.69. The summed E-state index contributed by atoms with van der Waals surface area (Å²) in [6, 6.07) is 7.39. The quantitative estimate of drug-likeness (QED) is 0.446. The number of rotatable bonds is 8. The number of carboxylic acid groups (broad SMARTS) is 1. The van der Waals surface area contributed by atoms with E-state index in [1.165, 1.54) is 12.8 Å². The standard InChI is InChI=1S/C24H33N9O2/c1-15-11-21(31-30-15)27-20-14-22(32-9-5-16(6-10-32)23(34)35)29-24(28-20)26-17-12-18-3-4-19(13-17)33(18)8-2-7-25/h11,14,16-19H,2-6,8-10,12-13H2,1H3,(H,34,35)(H3,26,27,28,29,30,31)/t17-,18-,19+. The molecule has 2 aromatic rings. The lowest BCUT2D eigenvalue weighted by atomic mass is 9.97. The van der Waals surface area contributed by atoms with E-state index in [4.69, 9.17) is 15.2 Å². The number of anilines is 4. The van der Waals surface area contributed by atoms with Crippen molar-refractivity contribution in [1.29, 1.82) is 5.26 Å². The highest BCUT2D eigenvalue weighted by molar-refractivity contribution is 5.70. The summed E-state index contributed by atoms with van der Waals surface area (Å²) < 4.78 is 0. The van der Waals surface area contributed by atoms with Crippen molar-refractivity contribution in [2.24, 2.45) is 5.92 Å². The van der Waals surface area contributed by atoms with Gasteiger partial charge in [-0.2, -0.15) is 20.3 Å². The van der Waals surface area contributed by atoms with Crippen molar-refractivity contribution in [3.8, 4) is 6.07 Å². The second-order valence-electron chi connectivity index (χ2n) is 9.94. The molecule has 3 saturated heterocycles. The van der Waals surface area contributed by atoms with Gasteiger partial charge in [0.1, 0.15) is 11.6 Å². The lowest BCUT2D eigenvalue weighted by molar-refractivity contribution is -0.142. The molecule has 3 fully saturated rings. The molecule has 0 aromatic carbocycles. The van der Waals surface area contributed by atoms with Crippen LogP contribution in [-0.4, -0.2) is 73.9 Å². The summed E-state index contributed by atoms with van der Waals surface area (Å²) in [7, 11) is 0. The number of aliphatic carboxylic acids is 1. The molecule has 5 heterocycles. The fraction of sp³-hybridized carbons (Fsp3) is 0.625. The molecular formula is C24H33N9O2. The molecule has 3 aliphatic rings. The Kier molecular flexibility index (Phi) is 6.72. The molecule has 0 aliphatic carbocycles. The smallest absolute Gasteiger partial charge is 0.306 e. The van der Waals surface area contributed by atoms with E-state index >= 15 is 0 Å². The Balaban J connectivity index is 1.33. The number of aromatic nitrogens is 4. The minimum absolute atomic E-state index is 0.277. The fourth-order valence-corrected chi connectivity index (χ4v) is 5.81. The van der Waals surface area contributed by atoms with E-state index in [0.29, 0.717) is 62.0 Å². The highest BCUT2D eigenvalue weighted by atomic mass is 16.4. The fourth-order valence-electron chi connectivity index (χ4n) is 5.81. The summed E-state index contributed by atoms with van der Waals surface area (Å²) >= 11 is 0. The van der Waals surface area contributed by atoms with Crippen molar-refractivity contribution in [2.45, 2.75) is 70.0 Å². The molecule has 2 aromatic heterocycles. The second kappa shape index (κ2) is 10.1. The normalized spacial score (nSPS) is 24.8. The van der Waals surface area contributed by atoms with E-state index < -0.39 is 5.97 Å². The first kappa shape index (κ1) is 23.4. The van der Waals surface area contributed by atoms with E-state index in [0.717, 1.165) is 30.9 Å². The zero-order valence-corrected chi connectivity index (χ0v) is 20.1. The van der Waals surface area contributed by atoms with Crippen LogP contribution in [0.5, 0.6) is 0 Å². The number of nitrogens with zero attached hydrogens (tertiary/aromatic N) is 6. The van der Waals surface area contributed by atoms with E-state index in [1.54, 1.807) is 0 Å². The van der Waals surface area contributed by atoms with Gasteiger partial charge in [0.2, 0.25) is 5.95 Å². The largest absolute Gasteiger partial charge is 0.481 e. The van der Waals surface area contributed by atoms with Crippen molar-refractivity contribution in [3.05, 3.63) is 17.8 Å². The SMILES string of the molecule is Cc1cc(Nc2cc(N3CCC(C(=O)O)CC3)nc(N[C@@H]3C[C@H]4CC[C@@H](C3)N4CCC#N)n2)n[nH]1. The van der Waals surface area contributed by atoms with Crippen LogP contribution in [0.3, 0.4) is 0 Å². The molecule has 35 heavy (non-hydrogen) atoms. The Morgan fingerprint density at radius 2 is 1.91 bits per heavy atom. The van der Waals surface area contributed by atoms with Crippen molar-refractivity contribution in [3.63, 3.8) is 0 Å². The van der Waals surface area contributed by atoms with Gasteiger partial charge in [-0.05, 0) is 45.4 Å². The minimum Gasteiger partial charge on any atom is -0.481 e. The van der Waals surface area contributed by atoms with Crippen molar-refractivity contribution in [1.82, 2.24) is 25.1 Å². The summed E-state index contributed by atoms with van der Waals surface area (Å²) in [6.07, 6.45) is 6.18. The maximum Gasteiger partial charge on any atom is 0.306 e. The number of piperidine rings is 2. The summed E-state index contributed by atoms with van der Waals surface area (Å²) in [4.78, 5) is 25.6. The molecule has 2 bridgehead atoms. The molecule has 4 N–H and O–H groups in total. The van der Waals surface area contributed by atoms with E-state index in [1.807, 2.05) is 19.1 Å². The van der Waals surface area contributed by atoms with Crippen LogP contribution in [0.1, 0.15) is 50.6 Å². The monoisotopic (exact) mass is 479 g/mol. The van der Waals surface area contributed by atoms with Gasteiger partial charge >= 0.3 is 5.97 Å². The highest BCUT2D eigenvalue weighted by Crippen LogP contribution is 2.37. The Bertz CT molecular complexity index is 1070. The predicted octanol–water partition coefficient (Wildman–Crippen LogP) is 2.87. The van der Waals surface area contributed by atoms with Crippen molar-refractivity contribution in [2.75, 3.05) is 35.2 Å². The molecule has 0 saturated carbocycles. The van der Waals surface area contributed by atoms with Gasteiger partial charge in [0.05, 0.1) is 12.0 Å². The number of carbonyl (C=O) groups is 1. The average Bonchev–Trinajstić information content (AvgIpc) is 3.35. The Hall–Kier alpha value is -3.39. The number of nitriles is 1. The van der Waals surface area contributed by atoms with E-state index in [9.17, 15) is 9.90 Å². The van der Waals surface area contributed by atoms with Gasteiger partial charge in [-0.3, -0.25) is 14.8 Å². The third-order valence-corrected chi connectivity index (χ3v) is 7.54. The molecule has 0 amide bonds. The molecule has 11 heteroatoms. The number of hydrogen-bond acceptors (Lipinski definition) is 9. The molecule has 11 nitrogen and oxygen atoms in total. The van der Waals surface area contributed by atoms with Crippen LogP contribution in [0.15, 0.2) is 12.1 Å². The number of aromatic amines is 1. The molecule has 0 radical (unpaired) electrons. The number of hydrogen-bond donors (Lipinski definition) is 4. The highest BCUT2D eigenvalue weighted by Gasteiger charge is 2.40. The van der Waals surface area contributed by atoms with Crippen LogP contribution in [-0.2, 0) is 4.79 Å². The van der Waals surface area contributed by atoms with Crippen LogP contribution >= 0.6 is 0 Å². The maximum atomic E-state index is 11.4. The Morgan fingerprint density at radius 3 is 2.54 bits per heavy atom. The third kappa shape index (κ3) is 5.32. The number of carboxylic acids is 1. The van der Waals surface area contributed by atoms with Crippen LogP contribution in [0.25, 0.3) is 0 Å². The second-order valence-corrected chi connectivity index (χ2v) is 9.94. The van der Waals surface area contributed by atoms with E-state index in [-0.39, 0.29) is 12.0 Å². The van der Waals surface area contributed by atoms with Crippen LogP contribution in [0, 0.1) is 24.2 Å². The van der Waals surface area contributed by atoms with Gasteiger partial charge in [-0.25, -0.2) is 0 Å². The third-order valence-electron chi connectivity index (χ3n) is 7.54. The molecular weight excluding hydrogens is 446 g/mol. The number of H-pyrrole nitrogens is 1. The lowest BCUT2D eigenvalue weighted by Crippen LogP contribution is -2.47. The molecule has 0 spiro atoms. The summed E-state index contributed by atoms with van der Waals surface area (Å²) in [6.45, 7) is 4.10. The van der Waals surface area contributed by atoms with Gasteiger partial charge < -0.3 is 20.6 Å². The van der Waals surface area contributed by atoms with Gasteiger partial charge in [0, 0.05) is 62.0 Å². The first-order valence-electron chi connectivity index (χ1n) is 12.5. The first-order chi connectivity index (χ1) is 17.0. The lowest BCUT2D eigenvalue weighted by Gasteiger charge is -2.39. The molecule has 0 unspecified atom stereocenters. The predicted molar refractivity (Wildman–Crippen MR) is 132 cm³/mol. The molecule has 3 aliphatic heterocycles. The Labute approximate surface area is 204 Å². The van der Waals surface area contributed by atoms with Crippen LogP contribution in [0.2, 0.25) is 0 Å². The Morgan fingerprint density at radius 1 is 1.17 bits per heavy atom. The molecule has 5 rings (SSSR count). The van der Waals surface area contributed by atoms with Crippen molar-refractivity contribution >= 4 is 29.4 Å². The van der Waals surface area contributed by atoms with Gasteiger partial charge in [0.15, 0.2) is 5.82 Å². The maximum absolute atomic E-state index is 11.4. The van der Waals surface area contributed by atoms with Crippen LogP contribution < -0.4 is 15.5 Å². The van der Waals surface area contributed by atoms with Crippen LogP contribution in [0.4, 0.5) is 23.4 Å². The van der Waals surface area contributed by atoms with Gasteiger partial charge in [-0.1, -0.05) is 0 Å². The van der Waals surface area contributed by atoms with Gasteiger partial charge in [-0.15, -0.1) is 0 Å². The average molecular weight is 480 g/mol. The minimum atomic E-state index is -0.721.